The van der Waals surface area contributed by atoms with Gasteiger partial charge in [0.15, 0.2) is 0 Å². The van der Waals surface area contributed by atoms with Gasteiger partial charge in [-0.25, -0.2) is 21.6 Å². The lowest BCUT2D eigenvalue weighted by Gasteiger charge is -2.26. The Morgan fingerprint density at radius 2 is 1.79 bits per heavy atom. The fraction of sp³-hybridized carbons (Fsp3) is 0.389. The minimum atomic E-state index is -4.11. The summed E-state index contributed by atoms with van der Waals surface area (Å²) in [6.45, 7) is 2.58. The molecule has 1 N–H and O–H groups in total. The number of anilines is 1. The predicted molar refractivity (Wildman–Crippen MR) is 110 cm³/mol. The van der Waals surface area contributed by atoms with Crippen molar-refractivity contribution in [2.24, 2.45) is 0 Å². The summed E-state index contributed by atoms with van der Waals surface area (Å²) >= 11 is 0.954. The highest BCUT2D eigenvalue weighted by atomic mass is 32.2. The number of nitrogens with zero attached hydrogens (tertiary/aromatic N) is 1. The lowest BCUT2D eigenvalue weighted by atomic mass is 10.2. The molecule has 0 unspecified atom stereocenters. The number of carbonyl (C=O) groups excluding carboxylic acids is 1. The minimum absolute atomic E-state index is 0.0289. The normalized spacial score (nSPS) is 15.8. The standard InChI is InChI=1S/C18H22N2O6S3/c1-13-6-7-14(29(24,25)20-9-4-3-5-10-20)12-15(13)19-28(22,23)16-8-11-27-17(16)18(21)26-2/h6-8,11-12,19H,3-5,9-10H2,1-2H3. The van der Waals surface area contributed by atoms with E-state index in [2.05, 4.69) is 9.46 Å². The van der Waals surface area contributed by atoms with Crippen molar-refractivity contribution in [2.75, 3.05) is 24.9 Å². The van der Waals surface area contributed by atoms with Gasteiger partial charge >= 0.3 is 5.97 Å². The maximum atomic E-state index is 12.9. The summed E-state index contributed by atoms with van der Waals surface area (Å²) in [6.07, 6.45) is 2.60. The van der Waals surface area contributed by atoms with Gasteiger partial charge in [-0.2, -0.15) is 4.31 Å². The maximum Gasteiger partial charge on any atom is 0.349 e. The summed E-state index contributed by atoms with van der Waals surface area (Å²) in [5.41, 5.74) is 0.700. The third kappa shape index (κ3) is 4.47. The maximum absolute atomic E-state index is 12.9. The number of hydrogen-bond acceptors (Lipinski definition) is 7. The van der Waals surface area contributed by atoms with Crippen LogP contribution in [0.25, 0.3) is 0 Å². The molecule has 158 valence electrons. The number of ether oxygens (including phenoxy) is 1. The van der Waals surface area contributed by atoms with Gasteiger partial charge in [0, 0.05) is 13.1 Å². The smallest absolute Gasteiger partial charge is 0.349 e. The molecule has 11 heteroatoms. The summed E-state index contributed by atoms with van der Waals surface area (Å²) in [5.74, 6) is -0.751. The van der Waals surface area contributed by atoms with Crippen LogP contribution in [-0.4, -0.2) is 47.3 Å². The molecule has 3 rings (SSSR count). The number of hydrogen-bond donors (Lipinski definition) is 1. The monoisotopic (exact) mass is 458 g/mol. The van der Waals surface area contributed by atoms with E-state index < -0.39 is 26.0 Å². The highest BCUT2D eigenvalue weighted by molar-refractivity contribution is 7.93. The van der Waals surface area contributed by atoms with Gasteiger partial charge in [0.05, 0.1) is 17.7 Å². The van der Waals surface area contributed by atoms with Gasteiger partial charge in [-0.1, -0.05) is 12.5 Å². The zero-order chi connectivity index (χ0) is 21.2. The number of nitrogens with one attached hydrogen (secondary N) is 1. The van der Waals surface area contributed by atoms with Crippen LogP contribution in [0.1, 0.15) is 34.5 Å². The molecule has 1 fully saturated rings. The molecule has 8 nitrogen and oxygen atoms in total. The number of piperidine rings is 1. The second-order valence-electron chi connectivity index (χ2n) is 6.65. The topological polar surface area (TPSA) is 110 Å². The average Bonchev–Trinajstić information content (AvgIpc) is 3.20. The molecule has 1 saturated heterocycles. The fourth-order valence-corrected chi connectivity index (χ4v) is 7.08. The van der Waals surface area contributed by atoms with Crippen molar-refractivity contribution in [2.45, 2.75) is 36.0 Å². The molecule has 0 saturated carbocycles. The number of methoxy groups -OCH3 is 1. The van der Waals surface area contributed by atoms with Gasteiger partial charge in [-0.3, -0.25) is 4.72 Å². The zero-order valence-corrected chi connectivity index (χ0v) is 18.5. The van der Waals surface area contributed by atoms with E-state index in [-0.39, 0.29) is 20.4 Å². The number of benzene rings is 1. The number of aryl methyl sites for hydroxylation is 1. The van der Waals surface area contributed by atoms with Crippen molar-refractivity contribution in [1.82, 2.24) is 4.31 Å². The number of carbonyl (C=O) groups is 1. The third-order valence-corrected chi connectivity index (χ3v) is 9.02. The first kappa shape index (κ1) is 21.8. The summed E-state index contributed by atoms with van der Waals surface area (Å²) in [4.78, 5) is 11.6. The van der Waals surface area contributed by atoms with Crippen LogP contribution in [-0.2, 0) is 24.8 Å². The molecule has 0 spiro atoms. The van der Waals surface area contributed by atoms with Crippen LogP contribution in [0.15, 0.2) is 39.4 Å². The van der Waals surface area contributed by atoms with Crippen LogP contribution in [0.4, 0.5) is 5.69 Å². The van der Waals surface area contributed by atoms with Gasteiger partial charge in [-0.15, -0.1) is 11.3 Å². The van der Waals surface area contributed by atoms with Crippen molar-refractivity contribution < 1.29 is 26.4 Å². The summed E-state index contributed by atoms with van der Waals surface area (Å²) in [5, 5.41) is 1.48. The van der Waals surface area contributed by atoms with E-state index in [9.17, 15) is 21.6 Å². The molecule has 1 aromatic carbocycles. The second-order valence-corrected chi connectivity index (χ2v) is 11.2. The molecule has 1 aliphatic heterocycles. The molecule has 0 radical (unpaired) electrons. The predicted octanol–water partition coefficient (Wildman–Crippen LogP) is 2.82. The molecule has 0 bridgehead atoms. The Labute approximate surface area is 174 Å². The number of esters is 1. The number of thiophene rings is 1. The Bertz CT molecular complexity index is 1120. The molecule has 0 atom stereocenters. The minimum Gasteiger partial charge on any atom is -0.465 e. The molecule has 29 heavy (non-hydrogen) atoms. The van der Waals surface area contributed by atoms with E-state index in [0.29, 0.717) is 18.7 Å². The molecule has 2 heterocycles. The van der Waals surface area contributed by atoms with Gasteiger partial charge in [0.1, 0.15) is 9.77 Å². The van der Waals surface area contributed by atoms with Gasteiger partial charge in [-0.05, 0) is 48.9 Å². The Morgan fingerprint density at radius 3 is 2.45 bits per heavy atom. The average molecular weight is 459 g/mol. The molecule has 1 aliphatic rings. The Kier molecular flexibility index (Phi) is 6.32. The van der Waals surface area contributed by atoms with Crippen molar-refractivity contribution in [3.8, 4) is 0 Å². The third-order valence-electron chi connectivity index (χ3n) is 4.70. The highest BCUT2D eigenvalue weighted by Gasteiger charge is 2.28. The van der Waals surface area contributed by atoms with Crippen LogP contribution < -0.4 is 4.72 Å². The first-order valence-electron chi connectivity index (χ1n) is 8.96. The highest BCUT2D eigenvalue weighted by Crippen LogP contribution is 2.29. The van der Waals surface area contributed by atoms with Gasteiger partial charge < -0.3 is 4.74 Å². The quantitative estimate of drug-likeness (QED) is 0.667. The molecule has 1 aromatic heterocycles. The van der Waals surface area contributed by atoms with Crippen LogP contribution in [0.3, 0.4) is 0 Å². The number of rotatable bonds is 6. The summed E-state index contributed by atoms with van der Waals surface area (Å²) in [7, 11) is -6.65. The van der Waals surface area contributed by atoms with Crippen molar-refractivity contribution in [1.29, 1.82) is 0 Å². The van der Waals surface area contributed by atoms with Gasteiger partial charge in [0.2, 0.25) is 10.0 Å². The van der Waals surface area contributed by atoms with E-state index in [1.807, 2.05) is 0 Å². The zero-order valence-electron chi connectivity index (χ0n) is 16.0. The van der Waals surface area contributed by atoms with Crippen molar-refractivity contribution in [3.05, 3.63) is 40.1 Å². The number of sulfonamides is 2. The first-order chi connectivity index (χ1) is 13.7. The van der Waals surface area contributed by atoms with Crippen LogP contribution in [0.5, 0.6) is 0 Å². The van der Waals surface area contributed by atoms with Crippen molar-refractivity contribution >= 4 is 43.0 Å². The SMILES string of the molecule is COC(=O)c1sccc1S(=O)(=O)Nc1cc(S(=O)(=O)N2CCCCC2)ccc1C. The van der Waals surface area contributed by atoms with E-state index in [1.54, 1.807) is 13.0 Å². The lowest BCUT2D eigenvalue weighted by Crippen LogP contribution is -2.35. The van der Waals surface area contributed by atoms with Crippen molar-refractivity contribution in [3.63, 3.8) is 0 Å². The molecular formula is C18H22N2O6S3. The van der Waals surface area contributed by atoms with Crippen LogP contribution in [0, 0.1) is 6.92 Å². The molecule has 2 aromatic rings. The summed E-state index contributed by atoms with van der Waals surface area (Å²) in [6, 6.07) is 5.66. The molecule has 0 amide bonds. The lowest BCUT2D eigenvalue weighted by molar-refractivity contribution is 0.0602. The largest absolute Gasteiger partial charge is 0.465 e. The van der Waals surface area contributed by atoms with E-state index in [0.717, 1.165) is 30.6 Å². The Hall–Kier alpha value is -1.95. The Balaban J connectivity index is 1.95. The molecular weight excluding hydrogens is 436 g/mol. The van der Waals surface area contributed by atoms with E-state index in [1.165, 1.54) is 35.0 Å². The fourth-order valence-electron chi connectivity index (χ4n) is 3.08. The van der Waals surface area contributed by atoms with Gasteiger partial charge in [0.25, 0.3) is 10.0 Å². The van der Waals surface area contributed by atoms with E-state index >= 15 is 0 Å². The van der Waals surface area contributed by atoms with Crippen LogP contribution in [0.2, 0.25) is 0 Å². The van der Waals surface area contributed by atoms with Crippen LogP contribution >= 0.6 is 11.3 Å². The first-order valence-corrected chi connectivity index (χ1v) is 12.8. The second kappa shape index (κ2) is 8.42. The summed E-state index contributed by atoms with van der Waals surface area (Å²) < 4.78 is 60.0. The van der Waals surface area contributed by atoms with E-state index in [4.69, 9.17) is 0 Å². The molecule has 0 aliphatic carbocycles. The Morgan fingerprint density at radius 1 is 1.10 bits per heavy atom.